The van der Waals surface area contributed by atoms with Crippen LogP contribution in [-0.2, 0) is 0 Å². The number of benzene rings is 1. The molecule has 0 amide bonds. The van der Waals surface area contributed by atoms with Crippen molar-refractivity contribution >= 4 is 5.69 Å². The van der Waals surface area contributed by atoms with Gasteiger partial charge in [-0.25, -0.2) is 0 Å². The fraction of sp³-hybridized carbons (Fsp3) is 0.312. The van der Waals surface area contributed by atoms with Crippen LogP contribution in [0.2, 0.25) is 0 Å². The number of nitrogens with zero attached hydrogens (tertiary/aromatic N) is 1. The average Bonchev–Trinajstić information content (AvgIpc) is 2.39. The third-order valence-electron chi connectivity index (χ3n) is 3.07. The number of hydrogen-bond donors (Lipinski definition) is 2. The van der Waals surface area contributed by atoms with Gasteiger partial charge in [-0.1, -0.05) is 30.3 Å². The van der Waals surface area contributed by atoms with Gasteiger partial charge in [0.1, 0.15) is 0 Å². The Morgan fingerprint density at radius 1 is 1.21 bits per heavy atom. The van der Waals surface area contributed by atoms with Gasteiger partial charge in [0.25, 0.3) is 0 Å². The molecule has 3 nitrogen and oxygen atoms in total. The van der Waals surface area contributed by atoms with Crippen molar-refractivity contribution in [1.29, 1.82) is 0 Å². The molecule has 0 aliphatic carbocycles. The van der Waals surface area contributed by atoms with E-state index in [9.17, 15) is 5.11 Å². The van der Waals surface area contributed by atoms with Crippen LogP contribution >= 0.6 is 0 Å². The zero-order chi connectivity index (χ0) is 13.7. The molecule has 0 aliphatic heterocycles. The van der Waals surface area contributed by atoms with Crippen molar-refractivity contribution in [2.45, 2.75) is 32.4 Å². The Morgan fingerprint density at radius 2 is 1.95 bits per heavy atom. The maximum Gasteiger partial charge on any atom is 0.0809 e. The second kappa shape index (κ2) is 6.34. The highest BCUT2D eigenvalue weighted by molar-refractivity contribution is 5.43. The predicted octanol–water partition coefficient (Wildman–Crippen LogP) is 3.31. The number of anilines is 1. The summed E-state index contributed by atoms with van der Waals surface area (Å²) in [5.74, 6) is 0. The van der Waals surface area contributed by atoms with E-state index in [4.69, 9.17) is 0 Å². The van der Waals surface area contributed by atoms with Gasteiger partial charge in [-0.05, 0) is 38.0 Å². The van der Waals surface area contributed by atoms with Crippen molar-refractivity contribution in [2.75, 3.05) is 5.32 Å². The summed E-state index contributed by atoms with van der Waals surface area (Å²) in [6, 6.07) is 13.9. The monoisotopic (exact) mass is 256 g/mol. The summed E-state index contributed by atoms with van der Waals surface area (Å²) in [6.45, 7) is 4.04. The number of aryl methyl sites for hydroxylation is 1. The fourth-order valence-electron chi connectivity index (χ4n) is 2.12. The van der Waals surface area contributed by atoms with Crippen molar-refractivity contribution in [3.05, 3.63) is 59.9 Å². The normalized spacial score (nSPS) is 13.8. The lowest BCUT2D eigenvalue weighted by molar-refractivity contribution is 0.162. The first kappa shape index (κ1) is 13.6. The van der Waals surface area contributed by atoms with Gasteiger partial charge in [0.05, 0.1) is 6.10 Å². The molecule has 2 rings (SSSR count). The van der Waals surface area contributed by atoms with E-state index in [1.54, 1.807) is 6.20 Å². The van der Waals surface area contributed by atoms with E-state index in [1.807, 2.05) is 49.4 Å². The summed E-state index contributed by atoms with van der Waals surface area (Å²) in [4.78, 5) is 4.17. The van der Waals surface area contributed by atoms with Crippen molar-refractivity contribution in [2.24, 2.45) is 0 Å². The molecule has 19 heavy (non-hydrogen) atoms. The van der Waals surface area contributed by atoms with Crippen molar-refractivity contribution in [3.63, 3.8) is 0 Å². The molecule has 0 saturated carbocycles. The minimum absolute atomic E-state index is 0.192. The molecular weight excluding hydrogens is 236 g/mol. The number of rotatable bonds is 5. The third kappa shape index (κ3) is 4.07. The second-order valence-corrected chi connectivity index (χ2v) is 4.89. The molecule has 2 N–H and O–H groups in total. The Labute approximate surface area is 114 Å². The third-order valence-corrected chi connectivity index (χ3v) is 3.07. The van der Waals surface area contributed by atoms with Crippen molar-refractivity contribution < 1.29 is 5.11 Å². The lowest BCUT2D eigenvalue weighted by atomic mass is 10.0. The SMILES string of the molecule is Cc1cc(NC(C)CC(O)c2ccccc2)ccn1. The fourth-order valence-corrected chi connectivity index (χ4v) is 2.12. The lowest BCUT2D eigenvalue weighted by Crippen LogP contribution is -2.18. The Balaban J connectivity index is 1.92. The topological polar surface area (TPSA) is 45.1 Å². The van der Waals surface area contributed by atoms with Gasteiger partial charge < -0.3 is 10.4 Å². The molecule has 0 fully saturated rings. The van der Waals surface area contributed by atoms with Gasteiger partial charge in [-0.3, -0.25) is 4.98 Å². The van der Waals surface area contributed by atoms with Gasteiger partial charge in [0, 0.05) is 23.6 Å². The summed E-state index contributed by atoms with van der Waals surface area (Å²) >= 11 is 0. The first-order chi connectivity index (χ1) is 9.15. The van der Waals surface area contributed by atoms with E-state index in [2.05, 4.69) is 17.2 Å². The quantitative estimate of drug-likeness (QED) is 0.862. The molecule has 0 aliphatic rings. The van der Waals surface area contributed by atoms with Crippen LogP contribution in [0.4, 0.5) is 5.69 Å². The van der Waals surface area contributed by atoms with E-state index in [0.29, 0.717) is 6.42 Å². The van der Waals surface area contributed by atoms with Crippen LogP contribution in [0.3, 0.4) is 0 Å². The van der Waals surface area contributed by atoms with Crippen LogP contribution in [-0.4, -0.2) is 16.1 Å². The molecule has 2 atom stereocenters. The first-order valence-corrected chi connectivity index (χ1v) is 6.57. The predicted molar refractivity (Wildman–Crippen MR) is 78.1 cm³/mol. The lowest BCUT2D eigenvalue weighted by Gasteiger charge is -2.19. The largest absolute Gasteiger partial charge is 0.388 e. The van der Waals surface area contributed by atoms with E-state index >= 15 is 0 Å². The highest BCUT2D eigenvalue weighted by atomic mass is 16.3. The Morgan fingerprint density at radius 3 is 2.63 bits per heavy atom. The molecule has 100 valence electrons. The van der Waals surface area contributed by atoms with E-state index in [-0.39, 0.29) is 6.04 Å². The van der Waals surface area contributed by atoms with Gasteiger partial charge >= 0.3 is 0 Å². The summed E-state index contributed by atoms with van der Waals surface area (Å²) in [5.41, 5.74) is 2.99. The number of aliphatic hydroxyl groups is 1. The van der Waals surface area contributed by atoms with Crippen molar-refractivity contribution in [3.8, 4) is 0 Å². The van der Waals surface area contributed by atoms with Gasteiger partial charge in [-0.2, -0.15) is 0 Å². The highest BCUT2D eigenvalue weighted by Crippen LogP contribution is 2.20. The number of hydrogen-bond acceptors (Lipinski definition) is 3. The molecule has 1 aromatic heterocycles. The van der Waals surface area contributed by atoms with Crippen LogP contribution in [0.25, 0.3) is 0 Å². The van der Waals surface area contributed by atoms with Gasteiger partial charge in [0.2, 0.25) is 0 Å². The molecule has 1 aromatic carbocycles. The van der Waals surface area contributed by atoms with E-state index in [0.717, 1.165) is 16.9 Å². The number of aromatic nitrogens is 1. The van der Waals surface area contributed by atoms with Gasteiger partial charge in [0.15, 0.2) is 0 Å². The molecule has 0 radical (unpaired) electrons. The Kier molecular flexibility index (Phi) is 4.53. The summed E-state index contributed by atoms with van der Waals surface area (Å²) < 4.78 is 0. The van der Waals surface area contributed by atoms with Crippen LogP contribution < -0.4 is 5.32 Å². The number of aliphatic hydroxyl groups excluding tert-OH is 1. The summed E-state index contributed by atoms with van der Waals surface area (Å²) in [7, 11) is 0. The van der Waals surface area contributed by atoms with Crippen LogP contribution in [0.1, 0.15) is 30.7 Å². The molecule has 3 heteroatoms. The molecular formula is C16H20N2O. The van der Waals surface area contributed by atoms with E-state index in [1.165, 1.54) is 0 Å². The molecule has 1 heterocycles. The Hall–Kier alpha value is -1.87. The van der Waals surface area contributed by atoms with Crippen LogP contribution in [0.15, 0.2) is 48.7 Å². The molecule has 2 unspecified atom stereocenters. The first-order valence-electron chi connectivity index (χ1n) is 6.57. The van der Waals surface area contributed by atoms with Crippen molar-refractivity contribution in [1.82, 2.24) is 4.98 Å². The number of pyridine rings is 1. The minimum Gasteiger partial charge on any atom is -0.388 e. The maximum atomic E-state index is 10.2. The zero-order valence-corrected chi connectivity index (χ0v) is 11.4. The van der Waals surface area contributed by atoms with E-state index < -0.39 is 6.10 Å². The second-order valence-electron chi connectivity index (χ2n) is 4.89. The van der Waals surface area contributed by atoms with Crippen LogP contribution in [0.5, 0.6) is 0 Å². The Bertz CT molecular complexity index is 513. The van der Waals surface area contributed by atoms with Gasteiger partial charge in [-0.15, -0.1) is 0 Å². The molecule has 2 aromatic rings. The molecule has 0 bridgehead atoms. The average molecular weight is 256 g/mol. The zero-order valence-electron chi connectivity index (χ0n) is 11.4. The number of nitrogens with one attached hydrogen (secondary N) is 1. The molecule has 0 saturated heterocycles. The smallest absolute Gasteiger partial charge is 0.0809 e. The summed E-state index contributed by atoms with van der Waals surface area (Å²) in [6.07, 6.45) is 2.02. The maximum absolute atomic E-state index is 10.2. The summed E-state index contributed by atoms with van der Waals surface area (Å²) in [5, 5.41) is 13.6. The standard InChI is InChI=1S/C16H20N2O/c1-12-10-15(8-9-17-12)18-13(2)11-16(19)14-6-4-3-5-7-14/h3-10,13,16,19H,11H2,1-2H3,(H,17,18). The van der Waals surface area contributed by atoms with Crippen LogP contribution in [0, 0.1) is 6.92 Å². The minimum atomic E-state index is -0.438. The highest BCUT2D eigenvalue weighted by Gasteiger charge is 2.12. The molecule has 0 spiro atoms.